The van der Waals surface area contributed by atoms with Crippen LogP contribution in [0.2, 0.25) is 0 Å². The molecule has 1 saturated heterocycles. The number of aliphatic hydroxyl groups excluding tert-OH is 1. The van der Waals surface area contributed by atoms with Crippen LogP contribution in [0.15, 0.2) is 24.3 Å². The zero-order valence-electron chi connectivity index (χ0n) is 11.4. The van der Waals surface area contributed by atoms with Gasteiger partial charge in [-0.05, 0) is 37.5 Å². The van der Waals surface area contributed by atoms with Gasteiger partial charge in [-0.1, -0.05) is 12.1 Å². The zero-order chi connectivity index (χ0) is 13.7. The lowest BCUT2D eigenvalue weighted by Gasteiger charge is -2.23. The largest absolute Gasteiger partial charge is 0.388 e. The number of nitrogens with zero attached hydrogens (tertiary/aromatic N) is 1. The van der Waals surface area contributed by atoms with Gasteiger partial charge in [0.2, 0.25) is 0 Å². The Bertz CT molecular complexity index is 399. The highest BCUT2D eigenvalue weighted by Crippen LogP contribution is 2.18. The van der Waals surface area contributed by atoms with E-state index in [1.165, 1.54) is 12.1 Å². The molecule has 1 fully saturated rings. The van der Waals surface area contributed by atoms with Crippen molar-refractivity contribution in [1.82, 2.24) is 4.90 Å². The van der Waals surface area contributed by atoms with Crippen LogP contribution in [0.3, 0.4) is 0 Å². The summed E-state index contributed by atoms with van der Waals surface area (Å²) in [5.41, 5.74) is 0.652. The van der Waals surface area contributed by atoms with E-state index in [1.807, 2.05) is 0 Å². The summed E-state index contributed by atoms with van der Waals surface area (Å²) in [6.45, 7) is 5.59. The summed E-state index contributed by atoms with van der Waals surface area (Å²) in [5, 5.41) is 10.1. The quantitative estimate of drug-likeness (QED) is 0.909. The van der Waals surface area contributed by atoms with E-state index in [9.17, 15) is 9.50 Å². The van der Waals surface area contributed by atoms with Gasteiger partial charge in [0.1, 0.15) is 5.82 Å². The van der Waals surface area contributed by atoms with Gasteiger partial charge < -0.3 is 14.7 Å². The van der Waals surface area contributed by atoms with E-state index in [2.05, 4.69) is 11.8 Å². The van der Waals surface area contributed by atoms with Crippen molar-refractivity contribution in [1.29, 1.82) is 0 Å². The number of hydrogen-bond acceptors (Lipinski definition) is 3. The highest BCUT2D eigenvalue weighted by molar-refractivity contribution is 5.18. The van der Waals surface area contributed by atoms with Crippen molar-refractivity contribution >= 4 is 0 Å². The van der Waals surface area contributed by atoms with Crippen LogP contribution in [-0.4, -0.2) is 42.4 Å². The van der Waals surface area contributed by atoms with Crippen molar-refractivity contribution in [3.63, 3.8) is 0 Å². The summed E-state index contributed by atoms with van der Waals surface area (Å²) in [4.78, 5) is 2.31. The van der Waals surface area contributed by atoms with Crippen LogP contribution in [0.4, 0.5) is 4.39 Å². The highest BCUT2D eigenvalue weighted by Gasteiger charge is 2.16. The second kappa shape index (κ2) is 6.98. The maximum atomic E-state index is 13.1. The second-order valence-corrected chi connectivity index (χ2v) is 5.20. The molecule has 0 amide bonds. The van der Waals surface area contributed by atoms with Crippen LogP contribution in [-0.2, 0) is 4.74 Å². The lowest BCUT2D eigenvalue weighted by molar-refractivity contribution is 0.0644. The van der Waals surface area contributed by atoms with Crippen LogP contribution in [0.1, 0.15) is 31.4 Å². The summed E-state index contributed by atoms with van der Waals surface area (Å²) in [6.07, 6.45) is 1.29. The van der Waals surface area contributed by atoms with Gasteiger partial charge in [-0.15, -0.1) is 0 Å². The minimum absolute atomic E-state index is 0.244. The SMILES string of the molecule is CC1CN(CCC(O)c2cccc(F)c2)CCCO1. The van der Waals surface area contributed by atoms with Crippen molar-refractivity contribution < 1.29 is 14.2 Å². The van der Waals surface area contributed by atoms with Crippen molar-refractivity contribution in [3.8, 4) is 0 Å². The van der Waals surface area contributed by atoms with Gasteiger partial charge in [-0.3, -0.25) is 0 Å². The molecule has 1 aliphatic rings. The predicted octanol–water partition coefficient (Wildman–Crippen LogP) is 2.36. The van der Waals surface area contributed by atoms with Crippen LogP contribution in [0, 0.1) is 5.82 Å². The van der Waals surface area contributed by atoms with E-state index < -0.39 is 6.10 Å². The highest BCUT2D eigenvalue weighted by atomic mass is 19.1. The molecule has 3 nitrogen and oxygen atoms in total. The maximum absolute atomic E-state index is 13.1. The first-order valence-corrected chi connectivity index (χ1v) is 6.92. The smallest absolute Gasteiger partial charge is 0.123 e. The first-order chi connectivity index (χ1) is 9.15. The number of ether oxygens (including phenoxy) is 1. The van der Waals surface area contributed by atoms with Crippen LogP contribution in [0.25, 0.3) is 0 Å². The molecule has 1 aromatic rings. The van der Waals surface area contributed by atoms with E-state index in [0.29, 0.717) is 12.0 Å². The number of hydrogen-bond donors (Lipinski definition) is 1. The number of halogens is 1. The molecule has 2 unspecified atom stereocenters. The van der Waals surface area contributed by atoms with E-state index in [0.717, 1.165) is 32.7 Å². The van der Waals surface area contributed by atoms with E-state index in [-0.39, 0.29) is 11.9 Å². The Morgan fingerprint density at radius 1 is 1.53 bits per heavy atom. The molecule has 1 aliphatic heterocycles. The van der Waals surface area contributed by atoms with Gasteiger partial charge in [0.05, 0.1) is 12.2 Å². The number of aliphatic hydroxyl groups is 1. The second-order valence-electron chi connectivity index (χ2n) is 5.20. The minimum atomic E-state index is -0.602. The molecule has 2 atom stereocenters. The van der Waals surface area contributed by atoms with Crippen molar-refractivity contribution in [3.05, 3.63) is 35.6 Å². The third kappa shape index (κ3) is 4.56. The summed E-state index contributed by atoms with van der Waals surface area (Å²) in [7, 11) is 0. The summed E-state index contributed by atoms with van der Waals surface area (Å²) < 4.78 is 18.7. The maximum Gasteiger partial charge on any atom is 0.123 e. The van der Waals surface area contributed by atoms with E-state index in [4.69, 9.17) is 4.74 Å². The number of benzene rings is 1. The molecule has 106 valence electrons. The molecule has 0 aromatic heterocycles. The van der Waals surface area contributed by atoms with Gasteiger partial charge in [0.15, 0.2) is 0 Å². The fourth-order valence-electron chi connectivity index (χ4n) is 2.47. The van der Waals surface area contributed by atoms with Gasteiger partial charge in [0.25, 0.3) is 0 Å². The fraction of sp³-hybridized carbons (Fsp3) is 0.600. The molecule has 1 N–H and O–H groups in total. The Labute approximate surface area is 114 Å². The zero-order valence-corrected chi connectivity index (χ0v) is 11.4. The number of rotatable bonds is 4. The molecule has 1 heterocycles. The Balaban J connectivity index is 1.84. The monoisotopic (exact) mass is 267 g/mol. The van der Waals surface area contributed by atoms with Gasteiger partial charge in [0, 0.05) is 26.2 Å². The first kappa shape index (κ1) is 14.4. The van der Waals surface area contributed by atoms with Crippen molar-refractivity contribution in [2.75, 3.05) is 26.2 Å². The van der Waals surface area contributed by atoms with Crippen molar-refractivity contribution in [2.24, 2.45) is 0 Å². The Kier molecular flexibility index (Phi) is 5.31. The van der Waals surface area contributed by atoms with Crippen molar-refractivity contribution in [2.45, 2.75) is 32.0 Å². The summed E-state index contributed by atoms with van der Waals surface area (Å²) in [6, 6.07) is 6.19. The molecule has 0 radical (unpaired) electrons. The normalized spacial score (nSPS) is 23.0. The summed E-state index contributed by atoms with van der Waals surface area (Å²) >= 11 is 0. The lowest BCUT2D eigenvalue weighted by atomic mass is 10.1. The van der Waals surface area contributed by atoms with Crippen LogP contribution >= 0.6 is 0 Å². The molecule has 0 aliphatic carbocycles. The molecular formula is C15H22FNO2. The standard InChI is InChI=1S/C15H22FNO2/c1-12-11-17(7-3-9-19-12)8-6-15(18)13-4-2-5-14(16)10-13/h2,4-5,10,12,15,18H,3,6-9,11H2,1H3. The van der Waals surface area contributed by atoms with E-state index >= 15 is 0 Å². The average Bonchev–Trinajstić information content (AvgIpc) is 2.60. The van der Waals surface area contributed by atoms with Crippen LogP contribution in [0.5, 0.6) is 0 Å². The average molecular weight is 267 g/mol. The molecule has 0 spiro atoms. The third-order valence-corrected chi connectivity index (χ3v) is 3.49. The predicted molar refractivity (Wildman–Crippen MR) is 72.4 cm³/mol. The Morgan fingerprint density at radius 3 is 3.16 bits per heavy atom. The first-order valence-electron chi connectivity index (χ1n) is 6.92. The fourth-order valence-corrected chi connectivity index (χ4v) is 2.47. The topological polar surface area (TPSA) is 32.7 Å². The minimum Gasteiger partial charge on any atom is -0.388 e. The molecule has 19 heavy (non-hydrogen) atoms. The summed E-state index contributed by atoms with van der Waals surface area (Å²) in [5.74, 6) is -0.298. The Hall–Kier alpha value is -0.970. The molecule has 1 aromatic carbocycles. The third-order valence-electron chi connectivity index (χ3n) is 3.49. The Morgan fingerprint density at radius 2 is 2.37 bits per heavy atom. The van der Waals surface area contributed by atoms with Gasteiger partial charge >= 0.3 is 0 Å². The lowest BCUT2D eigenvalue weighted by Crippen LogP contribution is -2.31. The molecule has 0 bridgehead atoms. The van der Waals surface area contributed by atoms with Gasteiger partial charge in [-0.25, -0.2) is 4.39 Å². The van der Waals surface area contributed by atoms with Gasteiger partial charge in [-0.2, -0.15) is 0 Å². The van der Waals surface area contributed by atoms with Crippen LogP contribution < -0.4 is 0 Å². The molecule has 0 saturated carbocycles. The molecular weight excluding hydrogens is 245 g/mol. The molecule has 2 rings (SSSR count). The van der Waals surface area contributed by atoms with E-state index in [1.54, 1.807) is 12.1 Å². The molecule has 4 heteroatoms.